The Morgan fingerprint density at radius 1 is 1.00 bits per heavy atom. The van der Waals surface area contributed by atoms with Gasteiger partial charge in [-0.15, -0.1) is 0 Å². The Morgan fingerprint density at radius 3 is 2.42 bits per heavy atom. The van der Waals surface area contributed by atoms with Crippen molar-refractivity contribution in [2.24, 2.45) is 0 Å². The van der Waals surface area contributed by atoms with Crippen LogP contribution in [0.2, 0.25) is 0 Å². The Hall–Kier alpha value is -1.72. The van der Waals surface area contributed by atoms with Crippen LogP contribution in [0.1, 0.15) is 23.1 Å². The first-order chi connectivity index (χ1) is 12.7. The topological polar surface area (TPSA) is 41.9 Å². The number of aliphatic hydroxyl groups is 1. The van der Waals surface area contributed by atoms with Gasteiger partial charge < -0.3 is 14.6 Å². The van der Waals surface area contributed by atoms with E-state index in [1.54, 1.807) is 7.11 Å². The number of hydrogen-bond donors (Lipinski definition) is 1. The van der Waals surface area contributed by atoms with Gasteiger partial charge in [0.15, 0.2) is 0 Å². The molecule has 1 atom stereocenters. The summed E-state index contributed by atoms with van der Waals surface area (Å²) in [5.41, 5.74) is 3.63. The molecule has 2 aromatic rings. The Kier molecular flexibility index (Phi) is 9.35. The quantitative estimate of drug-likeness (QED) is 0.591. The Morgan fingerprint density at radius 2 is 1.73 bits per heavy atom. The highest BCUT2D eigenvalue weighted by Gasteiger charge is 2.13. The molecule has 0 heterocycles. The van der Waals surface area contributed by atoms with E-state index in [1.165, 1.54) is 11.1 Å². The summed E-state index contributed by atoms with van der Waals surface area (Å²) in [6, 6.07) is 18.6. The lowest BCUT2D eigenvalue weighted by Gasteiger charge is -2.25. The molecule has 0 unspecified atom stereocenters. The lowest BCUT2D eigenvalue weighted by molar-refractivity contribution is 0.00738. The molecule has 0 bridgehead atoms. The molecule has 0 aliphatic heterocycles. The zero-order chi connectivity index (χ0) is 18.6. The zero-order valence-electron chi connectivity index (χ0n) is 15.9. The van der Waals surface area contributed by atoms with E-state index in [9.17, 15) is 5.11 Å². The van der Waals surface area contributed by atoms with Gasteiger partial charge >= 0.3 is 0 Å². The maximum Gasteiger partial charge on any atom is 0.0900 e. The maximum atomic E-state index is 10.4. The molecule has 1 N–H and O–H groups in total. The summed E-state index contributed by atoms with van der Waals surface area (Å²) < 4.78 is 10.8. The minimum absolute atomic E-state index is 0.337. The number of hydrogen-bond acceptors (Lipinski definition) is 4. The molecule has 0 saturated heterocycles. The van der Waals surface area contributed by atoms with Gasteiger partial charge in [-0.2, -0.15) is 0 Å². The molecule has 2 aromatic carbocycles. The lowest BCUT2D eigenvalue weighted by atomic mass is 10.1. The van der Waals surface area contributed by atoms with E-state index < -0.39 is 6.10 Å². The van der Waals surface area contributed by atoms with Crippen molar-refractivity contribution < 1.29 is 14.6 Å². The van der Waals surface area contributed by atoms with Crippen molar-refractivity contribution in [3.8, 4) is 0 Å². The third-order valence-electron chi connectivity index (χ3n) is 4.24. The second-order valence-corrected chi connectivity index (χ2v) is 6.72. The van der Waals surface area contributed by atoms with Crippen LogP contribution in [0.15, 0.2) is 54.6 Å². The van der Waals surface area contributed by atoms with Crippen LogP contribution in [0, 0.1) is 6.92 Å². The number of aliphatic hydroxyl groups excluding tert-OH is 1. The fourth-order valence-corrected chi connectivity index (χ4v) is 2.86. The van der Waals surface area contributed by atoms with Crippen molar-refractivity contribution in [1.29, 1.82) is 0 Å². The van der Waals surface area contributed by atoms with E-state index in [-0.39, 0.29) is 0 Å². The monoisotopic (exact) mass is 357 g/mol. The minimum atomic E-state index is -0.508. The number of methoxy groups -OCH3 is 1. The van der Waals surface area contributed by atoms with Crippen LogP contribution in [0.5, 0.6) is 0 Å². The normalized spacial score (nSPS) is 12.5. The van der Waals surface area contributed by atoms with Crippen molar-refractivity contribution in [2.75, 3.05) is 33.4 Å². The molecular formula is C22H31NO3. The highest BCUT2D eigenvalue weighted by atomic mass is 16.5. The van der Waals surface area contributed by atoms with Crippen LogP contribution in [-0.2, 0) is 22.6 Å². The van der Waals surface area contributed by atoms with Crippen LogP contribution < -0.4 is 0 Å². The average molecular weight is 357 g/mol. The Bertz CT molecular complexity index is 601. The second kappa shape index (κ2) is 11.8. The first kappa shape index (κ1) is 20.6. The number of nitrogens with zero attached hydrogens (tertiary/aromatic N) is 1. The summed E-state index contributed by atoms with van der Waals surface area (Å²) in [6.07, 6.45) is 0.437. The van der Waals surface area contributed by atoms with E-state index >= 15 is 0 Å². The van der Waals surface area contributed by atoms with Gasteiger partial charge in [0.25, 0.3) is 0 Å². The van der Waals surface area contributed by atoms with E-state index in [4.69, 9.17) is 9.47 Å². The van der Waals surface area contributed by atoms with Gasteiger partial charge in [0.05, 0.1) is 19.3 Å². The molecule has 0 aliphatic carbocycles. The summed E-state index contributed by atoms with van der Waals surface area (Å²) in [7, 11) is 1.72. The summed E-state index contributed by atoms with van der Waals surface area (Å²) in [4.78, 5) is 2.26. The van der Waals surface area contributed by atoms with Crippen molar-refractivity contribution in [1.82, 2.24) is 4.90 Å². The Labute approximate surface area is 157 Å². The molecule has 0 amide bonds. The van der Waals surface area contributed by atoms with Gasteiger partial charge in [-0.25, -0.2) is 0 Å². The molecule has 0 radical (unpaired) electrons. The smallest absolute Gasteiger partial charge is 0.0900 e. The number of benzene rings is 2. The molecule has 0 aliphatic rings. The molecule has 2 rings (SSSR count). The van der Waals surface area contributed by atoms with Crippen molar-refractivity contribution >= 4 is 0 Å². The molecule has 0 saturated carbocycles. The summed E-state index contributed by atoms with van der Waals surface area (Å²) in [5, 5.41) is 10.4. The van der Waals surface area contributed by atoms with Crippen molar-refractivity contribution in [3.63, 3.8) is 0 Å². The van der Waals surface area contributed by atoms with Crippen LogP contribution in [0.3, 0.4) is 0 Å². The first-order valence-electron chi connectivity index (χ1n) is 9.24. The van der Waals surface area contributed by atoms with Gasteiger partial charge in [0.2, 0.25) is 0 Å². The van der Waals surface area contributed by atoms with E-state index in [0.717, 1.165) is 31.7 Å². The minimum Gasteiger partial charge on any atom is -0.389 e. The van der Waals surface area contributed by atoms with E-state index in [1.807, 2.05) is 30.3 Å². The third-order valence-corrected chi connectivity index (χ3v) is 4.24. The van der Waals surface area contributed by atoms with E-state index in [0.29, 0.717) is 19.8 Å². The number of rotatable bonds is 12. The molecule has 0 spiro atoms. The van der Waals surface area contributed by atoms with Gasteiger partial charge in [0, 0.05) is 33.4 Å². The van der Waals surface area contributed by atoms with Crippen molar-refractivity contribution in [3.05, 3.63) is 71.3 Å². The van der Waals surface area contributed by atoms with Crippen LogP contribution in [0.25, 0.3) is 0 Å². The lowest BCUT2D eigenvalue weighted by Crippen LogP contribution is -2.35. The SMILES string of the molecule is COCCCN(Cc1ccc(C)cc1)C[C@H](O)COCc1ccccc1. The molecule has 142 valence electrons. The molecule has 4 heteroatoms. The Balaban J connectivity index is 1.80. The molecule has 4 nitrogen and oxygen atoms in total. The molecule has 0 fully saturated rings. The third kappa shape index (κ3) is 8.11. The number of aryl methyl sites for hydroxylation is 1. The predicted octanol–water partition coefficient (Wildman–Crippen LogP) is 3.41. The van der Waals surface area contributed by atoms with Crippen LogP contribution >= 0.6 is 0 Å². The average Bonchev–Trinajstić information content (AvgIpc) is 2.64. The summed E-state index contributed by atoms with van der Waals surface area (Å²) in [5.74, 6) is 0. The van der Waals surface area contributed by atoms with Crippen LogP contribution in [0.4, 0.5) is 0 Å². The highest BCUT2D eigenvalue weighted by molar-refractivity contribution is 5.21. The van der Waals surface area contributed by atoms with Gasteiger partial charge in [-0.05, 0) is 24.5 Å². The van der Waals surface area contributed by atoms with Crippen LogP contribution in [-0.4, -0.2) is 49.5 Å². The predicted molar refractivity (Wildman–Crippen MR) is 105 cm³/mol. The fraction of sp³-hybridized carbons (Fsp3) is 0.455. The van der Waals surface area contributed by atoms with Gasteiger partial charge in [-0.3, -0.25) is 4.90 Å². The van der Waals surface area contributed by atoms with Gasteiger partial charge in [-0.1, -0.05) is 60.2 Å². The molecule has 26 heavy (non-hydrogen) atoms. The second-order valence-electron chi connectivity index (χ2n) is 6.72. The molecular weight excluding hydrogens is 326 g/mol. The summed E-state index contributed by atoms with van der Waals surface area (Å²) in [6.45, 7) is 5.98. The van der Waals surface area contributed by atoms with Gasteiger partial charge in [0.1, 0.15) is 0 Å². The van der Waals surface area contributed by atoms with E-state index in [2.05, 4.69) is 36.1 Å². The first-order valence-corrected chi connectivity index (χ1v) is 9.24. The maximum absolute atomic E-state index is 10.4. The zero-order valence-corrected chi connectivity index (χ0v) is 15.9. The highest BCUT2D eigenvalue weighted by Crippen LogP contribution is 2.09. The summed E-state index contributed by atoms with van der Waals surface area (Å²) >= 11 is 0. The molecule has 0 aromatic heterocycles. The fourth-order valence-electron chi connectivity index (χ4n) is 2.86. The largest absolute Gasteiger partial charge is 0.389 e. The standard InChI is InChI=1S/C22H31NO3/c1-19-9-11-20(12-10-19)15-23(13-6-14-25-2)16-22(24)18-26-17-21-7-4-3-5-8-21/h3-5,7-12,22,24H,6,13-18H2,1-2H3/t22-/m0/s1. The van der Waals surface area contributed by atoms with Crippen molar-refractivity contribution in [2.45, 2.75) is 32.6 Å². The number of ether oxygens (including phenoxy) is 2.